The van der Waals surface area contributed by atoms with E-state index >= 15 is 0 Å². The largest absolute Gasteiger partial charge is 0.464 e. The van der Waals surface area contributed by atoms with Crippen molar-refractivity contribution in [3.05, 3.63) is 22.5 Å². The van der Waals surface area contributed by atoms with E-state index in [1.54, 1.807) is 0 Å². The van der Waals surface area contributed by atoms with Gasteiger partial charge in [-0.25, -0.2) is 4.79 Å². The van der Waals surface area contributed by atoms with Gasteiger partial charge in [0.15, 0.2) is 12.0 Å². The number of methoxy groups -OCH3 is 1. The van der Waals surface area contributed by atoms with Crippen LogP contribution in [0.15, 0.2) is 0 Å². The molecule has 0 unspecified atom stereocenters. The predicted molar refractivity (Wildman–Crippen MR) is 61.7 cm³/mol. The lowest BCUT2D eigenvalue weighted by Crippen LogP contribution is -2.12. The molecule has 5 nitrogen and oxygen atoms in total. The minimum Gasteiger partial charge on any atom is -0.464 e. The lowest BCUT2D eigenvalue weighted by molar-refractivity contribution is 0.0543. The first-order chi connectivity index (χ1) is 8.12. The molecule has 1 N–H and O–H groups in total. The molecule has 0 aliphatic heterocycles. The van der Waals surface area contributed by atoms with Gasteiger partial charge >= 0.3 is 5.97 Å². The van der Waals surface area contributed by atoms with Crippen molar-refractivity contribution in [1.29, 1.82) is 0 Å². The van der Waals surface area contributed by atoms with Gasteiger partial charge in [-0.2, -0.15) is 4.73 Å². The van der Waals surface area contributed by atoms with Crippen LogP contribution in [0.2, 0.25) is 0 Å². The topological polar surface area (TPSA) is 68.5 Å². The molecule has 1 heterocycles. The van der Waals surface area contributed by atoms with Crippen LogP contribution in [0.4, 0.5) is 0 Å². The Kier molecular flexibility index (Phi) is 4.31. The zero-order chi connectivity index (χ0) is 13.0. The van der Waals surface area contributed by atoms with E-state index in [-0.39, 0.29) is 5.69 Å². The summed E-state index contributed by atoms with van der Waals surface area (Å²) < 4.78 is 5.40. The summed E-state index contributed by atoms with van der Waals surface area (Å²) >= 11 is 0. The maximum Gasteiger partial charge on any atom is 0.358 e. The molecule has 1 aromatic heterocycles. The first-order valence-corrected chi connectivity index (χ1v) is 5.61. The maximum absolute atomic E-state index is 11.6. The highest BCUT2D eigenvalue weighted by atomic mass is 16.5. The normalized spacial score (nSPS) is 10.3. The molecular formula is C12H17NO4. The van der Waals surface area contributed by atoms with Crippen molar-refractivity contribution in [1.82, 2.24) is 4.73 Å². The van der Waals surface area contributed by atoms with Crippen LogP contribution in [0.25, 0.3) is 0 Å². The fraction of sp³-hybridized carbons (Fsp3) is 0.500. The number of aromatic nitrogens is 1. The van der Waals surface area contributed by atoms with Crippen LogP contribution in [0.1, 0.15) is 52.4 Å². The standard InChI is InChI=1S/C12H17NO4/c1-4-6-10-9(7-14)8(5-2)11(13(10)16)12(15)17-3/h7,16H,4-6H2,1-3H3. The van der Waals surface area contributed by atoms with Crippen molar-refractivity contribution in [2.75, 3.05) is 7.11 Å². The Hall–Kier alpha value is -1.78. The van der Waals surface area contributed by atoms with Crippen molar-refractivity contribution in [2.24, 2.45) is 0 Å². The van der Waals surface area contributed by atoms with E-state index in [1.807, 2.05) is 13.8 Å². The highest BCUT2D eigenvalue weighted by molar-refractivity contribution is 5.94. The second-order valence-electron chi connectivity index (χ2n) is 3.71. The number of aldehydes is 1. The molecule has 0 radical (unpaired) electrons. The van der Waals surface area contributed by atoms with Gasteiger partial charge in [-0.05, 0) is 18.4 Å². The molecule has 0 amide bonds. The average Bonchev–Trinajstić information content (AvgIpc) is 2.61. The molecule has 5 heteroatoms. The zero-order valence-corrected chi connectivity index (χ0v) is 10.3. The molecule has 0 aromatic carbocycles. The third kappa shape index (κ3) is 2.18. The molecule has 0 aliphatic rings. The number of hydrogen-bond donors (Lipinski definition) is 1. The molecule has 17 heavy (non-hydrogen) atoms. The average molecular weight is 239 g/mol. The number of carbonyl (C=O) groups excluding carboxylic acids is 2. The van der Waals surface area contributed by atoms with Crippen LogP contribution < -0.4 is 0 Å². The van der Waals surface area contributed by atoms with E-state index in [9.17, 15) is 14.8 Å². The van der Waals surface area contributed by atoms with Crippen molar-refractivity contribution < 1.29 is 19.5 Å². The highest BCUT2D eigenvalue weighted by Crippen LogP contribution is 2.23. The van der Waals surface area contributed by atoms with Crippen molar-refractivity contribution in [2.45, 2.75) is 33.1 Å². The molecule has 0 aliphatic carbocycles. The Bertz CT molecular complexity index is 434. The van der Waals surface area contributed by atoms with Gasteiger partial charge in [-0.15, -0.1) is 0 Å². The predicted octanol–water partition coefficient (Wildman–Crippen LogP) is 1.84. The minimum absolute atomic E-state index is 0.0561. The maximum atomic E-state index is 11.6. The summed E-state index contributed by atoms with van der Waals surface area (Å²) in [4.78, 5) is 22.7. The Labute approximate surface area is 100.0 Å². The molecule has 0 saturated carbocycles. The Morgan fingerprint density at radius 1 is 1.47 bits per heavy atom. The van der Waals surface area contributed by atoms with E-state index in [2.05, 4.69) is 4.74 Å². The van der Waals surface area contributed by atoms with E-state index in [0.29, 0.717) is 35.9 Å². The zero-order valence-electron chi connectivity index (χ0n) is 10.3. The second-order valence-corrected chi connectivity index (χ2v) is 3.71. The van der Waals surface area contributed by atoms with Crippen LogP contribution in [0.3, 0.4) is 0 Å². The summed E-state index contributed by atoms with van der Waals surface area (Å²) in [6.45, 7) is 3.76. The third-order valence-electron chi connectivity index (χ3n) is 2.73. The van der Waals surface area contributed by atoms with Crippen molar-refractivity contribution in [3.8, 4) is 0 Å². The van der Waals surface area contributed by atoms with Crippen molar-refractivity contribution >= 4 is 12.3 Å². The fourth-order valence-corrected chi connectivity index (χ4v) is 1.96. The lowest BCUT2D eigenvalue weighted by atomic mass is 10.1. The monoisotopic (exact) mass is 239 g/mol. The van der Waals surface area contributed by atoms with Gasteiger partial charge in [-0.1, -0.05) is 20.3 Å². The van der Waals surface area contributed by atoms with Crippen LogP contribution in [-0.2, 0) is 17.6 Å². The van der Waals surface area contributed by atoms with Gasteiger partial charge in [0.1, 0.15) is 0 Å². The SMILES string of the molecule is CCCc1c(C=O)c(CC)c(C(=O)OC)n1O. The number of rotatable bonds is 5. The molecule has 0 atom stereocenters. The van der Waals surface area contributed by atoms with Crippen molar-refractivity contribution in [3.63, 3.8) is 0 Å². The molecule has 1 aromatic rings. The molecule has 0 fully saturated rings. The Morgan fingerprint density at radius 3 is 2.53 bits per heavy atom. The first kappa shape index (κ1) is 13.3. The summed E-state index contributed by atoms with van der Waals surface area (Å²) in [5.74, 6) is -0.630. The quantitative estimate of drug-likeness (QED) is 0.483. The second kappa shape index (κ2) is 5.52. The van der Waals surface area contributed by atoms with Gasteiger partial charge in [-0.3, -0.25) is 4.79 Å². The van der Waals surface area contributed by atoms with Crippen LogP contribution in [-0.4, -0.2) is 29.3 Å². The molecule has 0 saturated heterocycles. The Morgan fingerprint density at radius 2 is 2.12 bits per heavy atom. The van der Waals surface area contributed by atoms with E-state index in [0.717, 1.165) is 11.2 Å². The highest BCUT2D eigenvalue weighted by Gasteiger charge is 2.25. The number of nitrogens with zero attached hydrogens (tertiary/aromatic N) is 1. The minimum atomic E-state index is -0.630. The molecular weight excluding hydrogens is 222 g/mol. The lowest BCUT2D eigenvalue weighted by Gasteiger charge is -2.04. The third-order valence-corrected chi connectivity index (χ3v) is 2.73. The number of carbonyl (C=O) groups is 2. The fourth-order valence-electron chi connectivity index (χ4n) is 1.96. The number of esters is 1. The molecule has 1 rings (SSSR count). The van der Waals surface area contributed by atoms with E-state index < -0.39 is 5.97 Å². The van der Waals surface area contributed by atoms with Gasteiger partial charge in [0.25, 0.3) is 0 Å². The number of ether oxygens (including phenoxy) is 1. The van der Waals surface area contributed by atoms with Gasteiger partial charge in [0.05, 0.1) is 12.8 Å². The Balaban J connectivity index is 3.48. The van der Waals surface area contributed by atoms with Crippen LogP contribution in [0, 0.1) is 0 Å². The smallest absolute Gasteiger partial charge is 0.358 e. The summed E-state index contributed by atoms with van der Waals surface area (Å²) in [5, 5.41) is 9.94. The van der Waals surface area contributed by atoms with Gasteiger partial charge in [0.2, 0.25) is 0 Å². The van der Waals surface area contributed by atoms with Gasteiger partial charge in [0, 0.05) is 5.56 Å². The van der Waals surface area contributed by atoms with Crippen LogP contribution >= 0.6 is 0 Å². The van der Waals surface area contributed by atoms with E-state index in [1.165, 1.54) is 7.11 Å². The summed E-state index contributed by atoms with van der Waals surface area (Å²) in [5.41, 5.74) is 1.47. The molecule has 0 spiro atoms. The molecule has 0 bridgehead atoms. The molecule has 94 valence electrons. The summed E-state index contributed by atoms with van der Waals surface area (Å²) in [6.07, 6.45) is 2.48. The summed E-state index contributed by atoms with van der Waals surface area (Å²) in [7, 11) is 1.24. The van der Waals surface area contributed by atoms with Crippen LogP contribution in [0.5, 0.6) is 0 Å². The number of hydrogen-bond acceptors (Lipinski definition) is 4. The first-order valence-electron chi connectivity index (χ1n) is 5.61. The summed E-state index contributed by atoms with van der Waals surface area (Å²) in [6, 6.07) is 0. The van der Waals surface area contributed by atoms with E-state index in [4.69, 9.17) is 0 Å². The van der Waals surface area contributed by atoms with Gasteiger partial charge < -0.3 is 9.94 Å².